The molecule has 3 aromatic rings. The van der Waals surface area contributed by atoms with Crippen LogP contribution in [0.4, 0.5) is 5.88 Å². The molecule has 3 heterocycles. The Hall–Kier alpha value is -2.69. The third-order valence-electron chi connectivity index (χ3n) is 4.88. The van der Waals surface area contributed by atoms with Gasteiger partial charge in [-0.05, 0) is 31.9 Å². The number of rotatable bonds is 7. The molecule has 1 saturated heterocycles. The van der Waals surface area contributed by atoms with Crippen LogP contribution in [0.2, 0.25) is 0 Å². The first-order valence-corrected chi connectivity index (χ1v) is 12.3. The van der Waals surface area contributed by atoms with E-state index in [1.165, 1.54) is 28.3 Å². The summed E-state index contributed by atoms with van der Waals surface area (Å²) in [5.41, 5.74) is 2.69. The summed E-state index contributed by atoms with van der Waals surface area (Å²) in [5.74, 6) is 0.0968. The first-order valence-electron chi connectivity index (χ1n) is 9.84. The van der Waals surface area contributed by atoms with Crippen molar-refractivity contribution in [2.75, 3.05) is 24.2 Å². The fourth-order valence-electron chi connectivity index (χ4n) is 3.19. The predicted molar refractivity (Wildman–Crippen MR) is 118 cm³/mol. The van der Waals surface area contributed by atoms with Gasteiger partial charge < -0.3 is 4.52 Å². The highest BCUT2D eigenvalue weighted by Crippen LogP contribution is 2.24. The van der Waals surface area contributed by atoms with Crippen molar-refractivity contribution in [3.63, 3.8) is 0 Å². The zero-order valence-electron chi connectivity index (χ0n) is 16.9. The number of benzene rings is 1. The van der Waals surface area contributed by atoms with E-state index in [1.807, 2.05) is 31.2 Å². The number of carbonyl (C=O) groups is 1. The molecule has 1 N–H and O–H groups in total. The minimum absolute atomic E-state index is 0.103. The lowest BCUT2D eigenvalue weighted by Gasteiger charge is -2.15. The molecule has 0 bridgehead atoms. The molecule has 10 heteroatoms. The van der Waals surface area contributed by atoms with Crippen molar-refractivity contribution in [2.24, 2.45) is 0 Å². The highest BCUT2D eigenvalue weighted by Gasteiger charge is 2.27. The van der Waals surface area contributed by atoms with Gasteiger partial charge in [-0.25, -0.2) is 13.4 Å². The lowest BCUT2D eigenvalue weighted by atomic mass is 10.1. The number of hydrogen-bond donors (Lipinski definition) is 1. The number of amides is 1. The van der Waals surface area contributed by atoms with Crippen molar-refractivity contribution in [3.8, 4) is 11.3 Å². The lowest BCUT2D eigenvalue weighted by Crippen LogP contribution is -2.27. The lowest BCUT2D eigenvalue weighted by molar-refractivity contribution is -0.113. The van der Waals surface area contributed by atoms with Crippen molar-refractivity contribution in [3.05, 3.63) is 54.2 Å². The van der Waals surface area contributed by atoms with Gasteiger partial charge in [0.25, 0.3) is 0 Å². The van der Waals surface area contributed by atoms with Gasteiger partial charge in [-0.3, -0.25) is 10.1 Å². The third kappa shape index (κ3) is 5.15. The number of sulfonamides is 1. The van der Waals surface area contributed by atoms with Crippen LogP contribution in [0.25, 0.3) is 11.3 Å². The van der Waals surface area contributed by atoms with E-state index < -0.39 is 10.0 Å². The van der Waals surface area contributed by atoms with E-state index in [0.29, 0.717) is 23.8 Å². The largest absolute Gasteiger partial charge is 0.338 e. The Balaban J connectivity index is 1.31. The van der Waals surface area contributed by atoms with Crippen molar-refractivity contribution >= 4 is 33.6 Å². The van der Waals surface area contributed by atoms with Gasteiger partial charge in [-0.1, -0.05) is 46.7 Å². The molecule has 0 atom stereocenters. The van der Waals surface area contributed by atoms with Crippen LogP contribution in [0.5, 0.6) is 0 Å². The van der Waals surface area contributed by atoms with Gasteiger partial charge in [0, 0.05) is 30.9 Å². The molecule has 0 radical (unpaired) electrons. The number of aromatic nitrogens is 2. The second kappa shape index (κ2) is 9.21. The Labute approximate surface area is 185 Å². The topological polar surface area (TPSA) is 105 Å². The molecule has 8 nitrogen and oxygen atoms in total. The van der Waals surface area contributed by atoms with E-state index >= 15 is 0 Å². The SMILES string of the molecule is Cc1ccc(-c2cc(NC(=O)CSc3ccc(S(=O)(=O)N4CCCC4)cn3)on2)cc1. The molecule has 2 aromatic heterocycles. The Morgan fingerprint density at radius 1 is 1.16 bits per heavy atom. The zero-order chi connectivity index (χ0) is 21.8. The second-order valence-electron chi connectivity index (χ2n) is 7.22. The molecule has 1 amide bonds. The molecule has 1 fully saturated rings. The summed E-state index contributed by atoms with van der Waals surface area (Å²) >= 11 is 1.21. The van der Waals surface area contributed by atoms with Crippen LogP contribution in [-0.4, -0.2) is 47.6 Å². The van der Waals surface area contributed by atoms with Gasteiger partial charge in [0.15, 0.2) is 0 Å². The Bertz CT molecular complexity index is 1150. The van der Waals surface area contributed by atoms with Gasteiger partial charge in [-0.2, -0.15) is 4.31 Å². The number of carbonyl (C=O) groups excluding carboxylic acids is 1. The standard InChI is InChI=1S/C21H22N4O4S2/c1-15-4-6-16(7-5-15)18-12-20(29-24-18)23-19(26)14-30-21-9-8-17(13-22-21)31(27,28)25-10-2-3-11-25/h4-9,12-13H,2-3,10-11,14H2,1H3,(H,23,26). The number of pyridine rings is 1. The number of aryl methyl sites for hydroxylation is 1. The highest BCUT2D eigenvalue weighted by molar-refractivity contribution is 7.99. The average molecular weight is 459 g/mol. The van der Waals surface area contributed by atoms with E-state index in [-0.39, 0.29) is 22.4 Å². The summed E-state index contributed by atoms with van der Waals surface area (Å²) in [6.07, 6.45) is 3.11. The summed E-state index contributed by atoms with van der Waals surface area (Å²) in [6, 6.07) is 12.7. The van der Waals surface area contributed by atoms with Crippen molar-refractivity contribution in [1.82, 2.24) is 14.4 Å². The normalized spacial score (nSPS) is 14.6. The van der Waals surface area contributed by atoms with Crippen LogP contribution < -0.4 is 5.32 Å². The molecule has 1 aliphatic heterocycles. The van der Waals surface area contributed by atoms with Gasteiger partial charge in [0.05, 0.1) is 10.8 Å². The molecular formula is C21H22N4O4S2. The monoisotopic (exact) mass is 458 g/mol. The molecule has 1 aromatic carbocycles. The number of hydrogen-bond acceptors (Lipinski definition) is 7. The van der Waals surface area contributed by atoms with E-state index in [2.05, 4.69) is 15.5 Å². The molecule has 0 aliphatic carbocycles. The smallest absolute Gasteiger partial charge is 0.244 e. The molecule has 0 saturated carbocycles. The van der Waals surface area contributed by atoms with E-state index in [9.17, 15) is 13.2 Å². The molecular weight excluding hydrogens is 436 g/mol. The first kappa shape index (κ1) is 21.5. The van der Waals surface area contributed by atoms with Gasteiger partial charge in [0.2, 0.25) is 21.8 Å². The molecule has 0 spiro atoms. The quantitative estimate of drug-likeness (QED) is 0.540. The number of nitrogens with one attached hydrogen (secondary N) is 1. The maximum absolute atomic E-state index is 12.5. The van der Waals surface area contributed by atoms with E-state index in [0.717, 1.165) is 24.0 Å². The zero-order valence-corrected chi connectivity index (χ0v) is 18.6. The van der Waals surface area contributed by atoms with E-state index in [4.69, 9.17) is 4.52 Å². The summed E-state index contributed by atoms with van der Waals surface area (Å²) < 4.78 is 31.7. The van der Waals surface area contributed by atoms with Gasteiger partial charge >= 0.3 is 0 Å². The maximum Gasteiger partial charge on any atom is 0.244 e. The maximum atomic E-state index is 12.5. The minimum atomic E-state index is -3.49. The Morgan fingerprint density at radius 3 is 2.58 bits per heavy atom. The molecule has 4 rings (SSSR count). The van der Waals surface area contributed by atoms with Gasteiger partial charge in [-0.15, -0.1) is 0 Å². The molecule has 31 heavy (non-hydrogen) atoms. The Morgan fingerprint density at radius 2 is 1.90 bits per heavy atom. The first-order chi connectivity index (χ1) is 14.9. The van der Waals surface area contributed by atoms with Crippen molar-refractivity contribution in [2.45, 2.75) is 29.7 Å². The van der Waals surface area contributed by atoms with Gasteiger partial charge in [0.1, 0.15) is 10.6 Å². The average Bonchev–Trinajstić information content (AvgIpc) is 3.46. The molecule has 162 valence electrons. The fraction of sp³-hybridized carbons (Fsp3) is 0.286. The summed E-state index contributed by atoms with van der Waals surface area (Å²) in [6.45, 7) is 3.10. The fourth-order valence-corrected chi connectivity index (χ4v) is 5.30. The summed E-state index contributed by atoms with van der Waals surface area (Å²) in [4.78, 5) is 16.6. The minimum Gasteiger partial charge on any atom is -0.338 e. The van der Waals surface area contributed by atoms with Crippen LogP contribution in [0, 0.1) is 6.92 Å². The third-order valence-corrected chi connectivity index (χ3v) is 7.71. The number of nitrogens with zero attached hydrogens (tertiary/aromatic N) is 3. The number of anilines is 1. The molecule has 0 unspecified atom stereocenters. The van der Waals surface area contributed by atoms with Crippen molar-refractivity contribution in [1.29, 1.82) is 0 Å². The molecule has 1 aliphatic rings. The van der Waals surface area contributed by atoms with Crippen LogP contribution >= 0.6 is 11.8 Å². The number of thioether (sulfide) groups is 1. The van der Waals surface area contributed by atoms with E-state index in [1.54, 1.807) is 12.1 Å². The van der Waals surface area contributed by atoms with Crippen molar-refractivity contribution < 1.29 is 17.7 Å². The van der Waals surface area contributed by atoms with Crippen LogP contribution in [0.1, 0.15) is 18.4 Å². The highest BCUT2D eigenvalue weighted by atomic mass is 32.2. The summed E-state index contributed by atoms with van der Waals surface area (Å²) in [7, 11) is -3.49. The summed E-state index contributed by atoms with van der Waals surface area (Å²) in [5, 5.41) is 7.21. The second-order valence-corrected chi connectivity index (χ2v) is 10.2. The predicted octanol–water partition coefficient (Wildman–Crippen LogP) is 3.56. The van der Waals surface area contributed by atoms with Crippen LogP contribution in [0.15, 0.2) is 63.1 Å². The van der Waals surface area contributed by atoms with Crippen LogP contribution in [-0.2, 0) is 14.8 Å². The van der Waals surface area contributed by atoms with Crippen LogP contribution in [0.3, 0.4) is 0 Å². The Kier molecular flexibility index (Phi) is 6.40.